The molecule has 0 rings (SSSR count). The van der Waals surface area contributed by atoms with Gasteiger partial charge in [-0.2, -0.15) is 0 Å². The zero-order chi connectivity index (χ0) is 2.71. The van der Waals surface area contributed by atoms with Crippen LogP contribution >= 0.6 is 0 Å². The summed E-state index contributed by atoms with van der Waals surface area (Å²) in [7, 11) is 0. The monoisotopic (exact) mass is 262 g/mol. The van der Waals surface area contributed by atoms with Crippen LogP contribution < -0.4 is 34.0 Å². The van der Waals surface area contributed by atoms with E-state index in [0.717, 1.165) is 0 Å². The van der Waals surface area contributed by atoms with Crippen LogP contribution in [0.15, 0.2) is 0 Å². The van der Waals surface area contributed by atoms with Gasteiger partial charge in [0, 0.05) is 0 Å². The van der Waals surface area contributed by atoms with Crippen LogP contribution in [0.3, 0.4) is 0 Å². The van der Waals surface area contributed by atoms with Crippen molar-refractivity contribution in [3.63, 3.8) is 0 Å². The molecule has 0 aliphatic rings. The van der Waals surface area contributed by atoms with Gasteiger partial charge in [0.2, 0.25) is 0 Å². The fraction of sp³-hybridized carbons (Fsp3) is 1.00. The van der Waals surface area contributed by atoms with Gasteiger partial charge in [-0.3, -0.25) is 0 Å². The van der Waals surface area contributed by atoms with E-state index in [1.807, 2.05) is 0 Å². The van der Waals surface area contributed by atoms with Crippen LogP contribution in [0.2, 0.25) is 5.21 Å². The van der Waals surface area contributed by atoms with Gasteiger partial charge in [0.1, 0.15) is 0 Å². The Morgan fingerprint density at radius 2 is 1.40 bits per heavy atom. The predicted octanol–water partition coefficient (Wildman–Crippen LogP) is -5.40. The largest absolute Gasteiger partial charge is 1.00 e. The zero-order valence-electron chi connectivity index (χ0n) is 2.91. The molecule has 0 aromatic heterocycles. The van der Waals surface area contributed by atoms with Crippen molar-refractivity contribution in [2.24, 2.45) is 0 Å². The third-order valence-electron chi connectivity index (χ3n) is 0. The quantitative estimate of drug-likeness (QED) is 0.383. The summed E-state index contributed by atoms with van der Waals surface area (Å²) in [6.07, 6.45) is 0. The van der Waals surface area contributed by atoms with Gasteiger partial charge < -0.3 is 34.0 Å². The van der Waals surface area contributed by atoms with E-state index in [9.17, 15) is 0 Å². The molecule has 0 nitrogen and oxygen atoms in total. The van der Waals surface area contributed by atoms with Crippen molar-refractivity contribution in [3.05, 3.63) is 0 Å². The molecular formula is C2H5AsBr2-2. The van der Waals surface area contributed by atoms with Gasteiger partial charge in [0.25, 0.3) is 0 Å². The van der Waals surface area contributed by atoms with Crippen LogP contribution in [0.1, 0.15) is 6.92 Å². The maximum atomic E-state index is 2.47. The molecule has 0 heterocycles. The van der Waals surface area contributed by atoms with E-state index >= 15 is 0 Å². The summed E-state index contributed by atoms with van der Waals surface area (Å²) in [6, 6.07) is 0. The first-order valence-corrected chi connectivity index (χ1v) is 2.35. The molecule has 34 valence electrons. The summed E-state index contributed by atoms with van der Waals surface area (Å²) in [5.41, 5.74) is 0. The Morgan fingerprint density at radius 1 is 1.40 bits per heavy atom. The fourth-order valence-corrected chi connectivity index (χ4v) is 0. The van der Waals surface area contributed by atoms with Crippen LogP contribution in [-0.2, 0) is 0 Å². The summed E-state index contributed by atoms with van der Waals surface area (Å²) in [6.45, 7) is 2.10. The molecule has 5 heavy (non-hydrogen) atoms. The second-order valence-electron chi connectivity index (χ2n) is 0.316. The van der Waals surface area contributed by atoms with E-state index in [1.54, 1.807) is 0 Å². The van der Waals surface area contributed by atoms with E-state index < -0.39 is 0 Å². The number of rotatable bonds is 0. The standard InChI is InChI=1S/C2H5As.2BrH/c1-2-3;;/h2H2,1H3;2*1H/p-2. The van der Waals surface area contributed by atoms with Gasteiger partial charge >= 0.3 is 29.0 Å². The fourth-order valence-electron chi connectivity index (χ4n) is 0. The van der Waals surface area contributed by atoms with E-state index in [1.165, 1.54) is 5.21 Å². The minimum Gasteiger partial charge on any atom is -1.00 e. The Hall–Kier alpha value is 1.52. The van der Waals surface area contributed by atoms with Crippen molar-refractivity contribution in [1.82, 2.24) is 0 Å². The molecular weight excluding hydrogens is 259 g/mol. The molecule has 0 aliphatic heterocycles. The van der Waals surface area contributed by atoms with Crippen LogP contribution in [0.25, 0.3) is 0 Å². The first kappa shape index (κ1) is 16.0. The SMILES string of the molecule is CC[As].[Br-].[Br-]. The van der Waals surface area contributed by atoms with Crippen molar-refractivity contribution < 1.29 is 34.0 Å². The average molecular weight is 264 g/mol. The Bertz CT molecular complexity index is 7.61. The third-order valence-corrected chi connectivity index (χ3v) is 0. The third kappa shape index (κ3) is 29.6. The maximum absolute atomic E-state index is 2.47. The molecule has 2 radical (unpaired) electrons. The molecule has 0 aromatic rings. The molecule has 0 atom stereocenters. The average Bonchev–Trinajstić information content (AvgIpc) is 0.918. The second kappa shape index (κ2) is 17.8. The normalized spacial score (nSPS) is 3.60. The predicted molar refractivity (Wildman–Crippen MR) is 16.2 cm³/mol. The molecule has 0 bridgehead atoms. The maximum Gasteiger partial charge on any atom is -1.00 e. The molecule has 3 heteroatoms. The minimum absolute atomic E-state index is 0. The van der Waals surface area contributed by atoms with Gasteiger partial charge in [-0.05, 0) is 0 Å². The molecule has 0 saturated carbocycles. The Balaban J connectivity index is -0.0000000200. The molecule has 0 unspecified atom stereocenters. The number of hydrogen-bond donors (Lipinski definition) is 0. The molecule has 0 saturated heterocycles. The molecule has 0 N–H and O–H groups in total. The molecule has 0 aliphatic carbocycles. The van der Waals surface area contributed by atoms with Crippen LogP contribution in [0.4, 0.5) is 0 Å². The molecule has 0 aromatic carbocycles. The zero-order valence-corrected chi connectivity index (χ0v) is 7.96. The second-order valence-corrected chi connectivity index (χ2v) is 1.64. The molecule has 0 spiro atoms. The van der Waals surface area contributed by atoms with Crippen molar-refractivity contribution in [2.45, 2.75) is 12.1 Å². The van der Waals surface area contributed by atoms with E-state index in [4.69, 9.17) is 0 Å². The van der Waals surface area contributed by atoms with Gasteiger partial charge in [0.15, 0.2) is 0 Å². The van der Waals surface area contributed by atoms with Crippen LogP contribution in [-0.4, -0.2) is 16.9 Å². The first-order valence-electron chi connectivity index (χ1n) is 1.02. The summed E-state index contributed by atoms with van der Waals surface area (Å²) >= 11 is 2.47. The van der Waals surface area contributed by atoms with Gasteiger partial charge in [-0.1, -0.05) is 0 Å². The minimum atomic E-state index is 0. The van der Waals surface area contributed by atoms with Gasteiger partial charge in [-0.15, -0.1) is 0 Å². The van der Waals surface area contributed by atoms with Crippen molar-refractivity contribution in [3.8, 4) is 0 Å². The summed E-state index contributed by atoms with van der Waals surface area (Å²) < 4.78 is 0. The number of hydrogen-bond acceptors (Lipinski definition) is 0. The smallest absolute Gasteiger partial charge is 1.00 e. The summed E-state index contributed by atoms with van der Waals surface area (Å²) in [5, 5.41) is 1.19. The summed E-state index contributed by atoms with van der Waals surface area (Å²) in [4.78, 5) is 0. The Morgan fingerprint density at radius 3 is 1.40 bits per heavy atom. The van der Waals surface area contributed by atoms with Crippen molar-refractivity contribution >= 4 is 16.9 Å². The van der Waals surface area contributed by atoms with Crippen molar-refractivity contribution in [2.75, 3.05) is 0 Å². The molecule has 0 amide bonds. The van der Waals surface area contributed by atoms with Gasteiger partial charge in [-0.25, -0.2) is 0 Å². The van der Waals surface area contributed by atoms with Crippen molar-refractivity contribution in [1.29, 1.82) is 0 Å². The number of halogens is 2. The summed E-state index contributed by atoms with van der Waals surface area (Å²) in [5.74, 6) is 0. The van der Waals surface area contributed by atoms with Crippen LogP contribution in [0, 0.1) is 0 Å². The van der Waals surface area contributed by atoms with E-state index in [2.05, 4.69) is 23.8 Å². The van der Waals surface area contributed by atoms with E-state index in [-0.39, 0.29) is 34.0 Å². The Labute approximate surface area is 62.8 Å². The molecule has 0 fully saturated rings. The Kier molecular flexibility index (Phi) is 57.0. The first-order chi connectivity index (χ1) is 1.41. The topological polar surface area (TPSA) is 0 Å². The van der Waals surface area contributed by atoms with Crippen LogP contribution in [0.5, 0.6) is 0 Å². The van der Waals surface area contributed by atoms with Gasteiger partial charge in [0.05, 0.1) is 0 Å². The van der Waals surface area contributed by atoms with E-state index in [0.29, 0.717) is 0 Å².